The molecular weight excluding hydrogens is 375 g/mol. The zero-order valence-electron chi connectivity index (χ0n) is 13.2. The number of imidazole rings is 1. The average Bonchev–Trinajstić information content (AvgIpc) is 3.01. The number of halogens is 3. The molecule has 2 amide bonds. The van der Waals surface area contributed by atoms with Gasteiger partial charge >= 0.3 is 6.03 Å². The smallest absolute Gasteiger partial charge is 0.339 e. The van der Waals surface area contributed by atoms with E-state index in [2.05, 4.69) is 10.4 Å². The van der Waals surface area contributed by atoms with Gasteiger partial charge in [-0.15, -0.1) is 0 Å². The van der Waals surface area contributed by atoms with Crippen molar-refractivity contribution in [1.29, 1.82) is 0 Å². The molecule has 9 heteroatoms. The number of ether oxygens (including phenoxy) is 1. The Bertz CT molecular complexity index is 671. The first-order valence-electron chi connectivity index (χ1n) is 7.29. The van der Waals surface area contributed by atoms with Gasteiger partial charge in [0.2, 0.25) is 0 Å². The first kappa shape index (κ1) is 18.7. The van der Waals surface area contributed by atoms with Crippen molar-refractivity contribution in [2.75, 3.05) is 12.0 Å². The number of nitrogens with one attached hydrogen (secondary N) is 1. The van der Waals surface area contributed by atoms with Crippen molar-refractivity contribution in [3.8, 4) is 5.75 Å². The predicted octanol–water partition coefficient (Wildman–Crippen LogP) is 4.64. The summed E-state index contributed by atoms with van der Waals surface area (Å²) < 4.78 is 7.26. The van der Waals surface area contributed by atoms with Crippen LogP contribution < -0.4 is 10.2 Å². The minimum absolute atomic E-state index is 0.283. The van der Waals surface area contributed by atoms with E-state index >= 15 is 0 Å². The molecule has 1 aromatic heterocycles. The fourth-order valence-corrected chi connectivity index (χ4v) is 2.97. The van der Waals surface area contributed by atoms with E-state index in [9.17, 15) is 4.79 Å². The monoisotopic (exact) mass is 390 g/mol. The number of amides is 2. The molecule has 24 heavy (non-hydrogen) atoms. The Morgan fingerprint density at radius 2 is 2.04 bits per heavy atom. The maximum Gasteiger partial charge on any atom is 0.339 e. The first-order valence-corrected chi connectivity index (χ1v) is 8.42. The molecule has 0 radical (unpaired) electrons. The van der Waals surface area contributed by atoms with Crippen molar-refractivity contribution in [3.63, 3.8) is 0 Å². The van der Waals surface area contributed by atoms with Crippen LogP contribution in [0.1, 0.15) is 20.3 Å². The molecule has 0 aliphatic heterocycles. The van der Waals surface area contributed by atoms with Crippen LogP contribution in [0.2, 0.25) is 15.1 Å². The van der Waals surface area contributed by atoms with Crippen molar-refractivity contribution in [3.05, 3.63) is 45.9 Å². The van der Waals surface area contributed by atoms with Crippen LogP contribution in [-0.2, 0) is 0 Å². The molecule has 1 N–H and O–H groups in total. The topological polar surface area (TPSA) is 59.4 Å². The molecule has 2 aromatic rings. The molecule has 1 heterocycles. The molecule has 0 spiro atoms. The lowest BCUT2D eigenvalue weighted by Crippen LogP contribution is -2.46. The highest BCUT2D eigenvalue weighted by Crippen LogP contribution is 2.36. The van der Waals surface area contributed by atoms with Gasteiger partial charge in [0.05, 0.1) is 10.0 Å². The van der Waals surface area contributed by atoms with Gasteiger partial charge in [0.25, 0.3) is 0 Å². The molecule has 0 saturated heterocycles. The summed E-state index contributed by atoms with van der Waals surface area (Å²) >= 11 is 18.2. The summed E-state index contributed by atoms with van der Waals surface area (Å²) in [6.45, 7) is 4.20. The van der Waals surface area contributed by atoms with E-state index in [4.69, 9.17) is 39.5 Å². The van der Waals surface area contributed by atoms with Crippen LogP contribution in [-0.4, -0.2) is 33.4 Å². The standard InChI is InChI=1S/C15H17Cl3N4O2/c1-3-5-22(15(23)20-21-6-4-19-9-21)10(2)24-14-12(17)7-11(16)8-13(14)18/h4,6-10H,3,5H2,1-2H3,(H,20,23). The largest absolute Gasteiger partial charge is 0.468 e. The summed E-state index contributed by atoms with van der Waals surface area (Å²) in [6, 6.07) is 2.74. The Labute approximate surface area is 155 Å². The molecule has 1 unspecified atom stereocenters. The van der Waals surface area contributed by atoms with E-state index in [1.54, 1.807) is 19.3 Å². The third kappa shape index (κ3) is 4.69. The van der Waals surface area contributed by atoms with Crippen LogP contribution in [0.25, 0.3) is 0 Å². The van der Waals surface area contributed by atoms with Gasteiger partial charge in [0.15, 0.2) is 12.0 Å². The Hall–Kier alpha value is -1.63. The molecule has 1 atom stereocenters. The minimum Gasteiger partial charge on any atom is -0.468 e. The van der Waals surface area contributed by atoms with Gasteiger partial charge in [-0.05, 0) is 25.5 Å². The second-order valence-electron chi connectivity index (χ2n) is 5.00. The quantitative estimate of drug-likeness (QED) is 0.730. The molecule has 0 fully saturated rings. The Morgan fingerprint density at radius 1 is 1.38 bits per heavy atom. The Morgan fingerprint density at radius 3 is 2.58 bits per heavy atom. The van der Waals surface area contributed by atoms with Crippen LogP contribution in [0.3, 0.4) is 0 Å². The zero-order chi connectivity index (χ0) is 17.7. The van der Waals surface area contributed by atoms with Gasteiger partial charge in [-0.25, -0.2) is 19.9 Å². The third-order valence-corrected chi connectivity index (χ3v) is 3.92. The summed E-state index contributed by atoms with van der Waals surface area (Å²) in [6.07, 6.45) is 4.84. The van der Waals surface area contributed by atoms with Crippen molar-refractivity contribution < 1.29 is 9.53 Å². The molecule has 6 nitrogen and oxygen atoms in total. The van der Waals surface area contributed by atoms with Crippen LogP contribution >= 0.6 is 34.8 Å². The van der Waals surface area contributed by atoms with E-state index in [1.165, 1.54) is 28.0 Å². The summed E-state index contributed by atoms with van der Waals surface area (Å²) in [5.41, 5.74) is 2.69. The number of hydrogen-bond donors (Lipinski definition) is 1. The predicted molar refractivity (Wildman–Crippen MR) is 95.5 cm³/mol. The second kappa shape index (κ2) is 8.46. The summed E-state index contributed by atoms with van der Waals surface area (Å²) in [5.74, 6) is 0.284. The second-order valence-corrected chi connectivity index (χ2v) is 6.25. The maximum absolute atomic E-state index is 12.5. The summed E-state index contributed by atoms with van der Waals surface area (Å²) in [7, 11) is 0. The van der Waals surface area contributed by atoms with E-state index in [0.29, 0.717) is 11.6 Å². The van der Waals surface area contributed by atoms with Gasteiger partial charge < -0.3 is 4.74 Å². The number of urea groups is 1. The van der Waals surface area contributed by atoms with Gasteiger partial charge in [-0.3, -0.25) is 4.90 Å². The van der Waals surface area contributed by atoms with Crippen LogP contribution in [0.15, 0.2) is 30.9 Å². The highest BCUT2D eigenvalue weighted by Gasteiger charge is 2.23. The number of benzene rings is 1. The van der Waals surface area contributed by atoms with Crippen LogP contribution in [0.5, 0.6) is 5.75 Å². The molecule has 130 valence electrons. The van der Waals surface area contributed by atoms with Crippen molar-refractivity contribution >= 4 is 40.8 Å². The molecule has 0 bridgehead atoms. The molecule has 0 aliphatic carbocycles. The normalized spacial score (nSPS) is 11.9. The fourth-order valence-electron chi connectivity index (χ4n) is 2.07. The zero-order valence-corrected chi connectivity index (χ0v) is 15.4. The van der Waals surface area contributed by atoms with E-state index < -0.39 is 6.23 Å². The molecular formula is C15H17Cl3N4O2. The Balaban J connectivity index is 2.14. The van der Waals surface area contributed by atoms with E-state index in [1.807, 2.05) is 6.92 Å². The highest BCUT2D eigenvalue weighted by molar-refractivity contribution is 6.40. The maximum atomic E-state index is 12.5. The van der Waals surface area contributed by atoms with Crippen molar-refractivity contribution in [1.82, 2.24) is 14.6 Å². The Kier molecular flexibility index (Phi) is 6.60. The lowest BCUT2D eigenvalue weighted by Gasteiger charge is -2.29. The van der Waals surface area contributed by atoms with Crippen LogP contribution in [0.4, 0.5) is 4.79 Å². The number of rotatable bonds is 6. The number of hydrogen-bond acceptors (Lipinski definition) is 3. The van der Waals surface area contributed by atoms with E-state index in [-0.39, 0.29) is 21.8 Å². The van der Waals surface area contributed by atoms with Gasteiger partial charge in [0, 0.05) is 24.0 Å². The van der Waals surface area contributed by atoms with Gasteiger partial charge in [0.1, 0.15) is 6.33 Å². The molecule has 2 rings (SSSR count). The lowest BCUT2D eigenvalue weighted by atomic mass is 10.3. The lowest BCUT2D eigenvalue weighted by molar-refractivity contribution is 0.0698. The number of nitrogens with zero attached hydrogens (tertiary/aromatic N) is 3. The van der Waals surface area contributed by atoms with Gasteiger partial charge in [-0.2, -0.15) is 0 Å². The number of carbonyl (C=O) groups excluding carboxylic acids is 1. The summed E-state index contributed by atoms with van der Waals surface area (Å²) in [5, 5.41) is 0.977. The minimum atomic E-state index is -0.593. The fraction of sp³-hybridized carbons (Fsp3) is 0.333. The average molecular weight is 392 g/mol. The SMILES string of the molecule is CCCN(C(=O)Nn1ccnc1)C(C)Oc1c(Cl)cc(Cl)cc1Cl. The van der Waals surface area contributed by atoms with Gasteiger partial charge in [-0.1, -0.05) is 41.7 Å². The van der Waals surface area contributed by atoms with Crippen LogP contribution in [0, 0.1) is 0 Å². The highest BCUT2D eigenvalue weighted by atomic mass is 35.5. The third-order valence-electron chi connectivity index (χ3n) is 3.14. The van der Waals surface area contributed by atoms with Crippen molar-refractivity contribution in [2.45, 2.75) is 26.5 Å². The van der Waals surface area contributed by atoms with E-state index in [0.717, 1.165) is 6.42 Å². The molecule has 0 saturated carbocycles. The number of carbonyl (C=O) groups is 1. The molecule has 1 aromatic carbocycles. The van der Waals surface area contributed by atoms with Crippen molar-refractivity contribution in [2.24, 2.45) is 0 Å². The first-order chi connectivity index (χ1) is 11.4. The molecule has 0 aliphatic rings. The summed E-state index contributed by atoms with van der Waals surface area (Å²) in [4.78, 5) is 17.9. The number of aromatic nitrogens is 2.